The van der Waals surface area contributed by atoms with E-state index in [0.29, 0.717) is 5.56 Å². The third-order valence-corrected chi connectivity index (χ3v) is 4.86. The van der Waals surface area contributed by atoms with Crippen LogP contribution in [0.5, 0.6) is 11.5 Å². The van der Waals surface area contributed by atoms with E-state index in [1.54, 1.807) is 19.1 Å². The van der Waals surface area contributed by atoms with Crippen molar-refractivity contribution in [1.82, 2.24) is 0 Å². The minimum atomic E-state index is -0.105. The molecule has 0 saturated heterocycles. The molecular formula is C25H21NO3. The summed E-state index contributed by atoms with van der Waals surface area (Å²) in [5.74, 6) is 1.37. The van der Waals surface area contributed by atoms with Gasteiger partial charge in [-0.15, -0.1) is 0 Å². The number of fused-ring (bicyclic) bond motifs is 1. The lowest BCUT2D eigenvalue weighted by atomic mass is 10.1. The smallest absolute Gasteiger partial charge is 0.262 e. The lowest BCUT2D eigenvalue weighted by Gasteiger charge is -2.24. The summed E-state index contributed by atoms with van der Waals surface area (Å²) in [4.78, 5) is 15.3. The molecule has 0 aliphatic carbocycles. The van der Waals surface area contributed by atoms with Gasteiger partial charge in [0.25, 0.3) is 5.91 Å². The summed E-state index contributed by atoms with van der Waals surface area (Å²) >= 11 is 0. The zero-order chi connectivity index (χ0) is 20.2. The molecule has 0 radical (unpaired) electrons. The molecule has 4 nitrogen and oxygen atoms in total. The van der Waals surface area contributed by atoms with Crippen molar-refractivity contribution in [1.29, 1.82) is 0 Å². The summed E-state index contributed by atoms with van der Waals surface area (Å²) < 4.78 is 10.5. The van der Waals surface area contributed by atoms with Crippen molar-refractivity contribution in [3.63, 3.8) is 0 Å². The predicted molar refractivity (Wildman–Crippen MR) is 116 cm³/mol. The Hall–Kier alpha value is -3.79. The number of hydrogen-bond donors (Lipinski definition) is 0. The number of hydrogen-bond acceptors (Lipinski definition) is 3. The maximum absolute atomic E-state index is 13.6. The highest BCUT2D eigenvalue weighted by Gasteiger charge is 2.20. The maximum Gasteiger partial charge on any atom is 0.262 e. The number of ether oxygens (including phenoxy) is 2. The first kappa shape index (κ1) is 18.6. The van der Waals surface area contributed by atoms with Gasteiger partial charge in [0.2, 0.25) is 0 Å². The van der Waals surface area contributed by atoms with Crippen molar-refractivity contribution in [2.75, 3.05) is 19.1 Å². The number of nitrogens with zero attached hydrogens (tertiary/aromatic N) is 1. The Morgan fingerprint density at radius 3 is 1.69 bits per heavy atom. The molecule has 0 atom stereocenters. The third-order valence-electron chi connectivity index (χ3n) is 4.86. The summed E-state index contributed by atoms with van der Waals surface area (Å²) in [6.45, 7) is 0. The molecule has 4 rings (SSSR count). The molecule has 4 aromatic rings. The number of methoxy groups -OCH3 is 2. The highest BCUT2D eigenvalue weighted by atomic mass is 16.5. The van der Waals surface area contributed by atoms with Gasteiger partial charge in [-0.3, -0.25) is 9.69 Å². The molecule has 29 heavy (non-hydrogen) atoms. The van der Waals surface area contributed by atoms with Gasteiger partial charge in [0.15, 0.2) is 0 Å². The van der Waals surface area contributed by atoms with E-state index < -0.39 is 0 Å². The first-order chi connectivity index (χ1) is 14.2. The molecule has 0 spiro atoms. The van der Waals surface area contributed by atoms with Crippen molar-refractivity contribution in [2.45, 2.75) is 0 Å². The summed E-state index contributed by atoms with van der Waals surface area (Å²) in [6.07, 6.45) is 0. The second-order valence-electron chi connectivity index (χ2n) is 6.60. The first-order valence-corrected chi connectivity index (χ1v) is 9.31. The van der Waals surface area contributed by atoms with E-state index in [0.717, 1.165) is 33.6 Å². The van der Waals surface area contributed by atoms with Crippen LogP contribution in [0.25, 0.3) is 10.8 Å². The number of carbonyl (C=O) groups is 1. The summed E-state index contributed by atoms with van der Waals surface area (Å²) in [5, 5.41) is 2.13. The summed E-state index contributed by atoms with van der Waals surface area (Å²) in [6, 6.07) is 28.7. The van der Waals surface area contributed by atoms with Crippen molar-refractivity contribution < 1.29 is 14.3 Å². The normalized spacial score (nSPS) is 10.6. The molecule has 1 amide bonds. The molecule has 4 aromatic carbocycles. The maximum atomic E-state index is 13.6. The van der Waals surface area contributed by atoms with E-state index in [9.17, 15) is 4.79 Å². The Bertz CT molecular complexity index is 1090. The van der Waals surface area contributed by atoms with Gasteiger partial charge in [-0.1, -0.05) is 30.3 Å². The Balaban J connectivity index is 1.79. The molecule has 4 heteroatoms. The molecule has 0 heterocycles. The van der Waals surface area contributed by atoms with Gasteiger partial charge in [-0.05, 0) is 71.4 Å². The van der Waals surface area contributed by atoms with Gasteiger partial charge >= 0.3 is 0 Å². The molecule has 0 N–H and O–H groups in total. The minimum Gasteiger partial charge on any atom is -0.497 e. The van der Waals surface area contributed by atoms with E-state index in [2.05, 4.69) is 0 Å². The fourth-order valence-corrected chi connectivity index (χ4v) is 3.30. The van der Waals surface area contributed by atoms with Crippen LogP contribution in [0.15, 0.2) is 91.0 Å². The topological polar surface area (TPSA) is 38.8 Å². The first-order valence-electron chi connectivity index (χ1n) is 9.31. The fraction of sp³-hybridized carbons (Fsp3) is 0.0800. The number of carbonyl (C=O) groups excluding carboxylic acids is 1. The van der Waals surface area contributed by atoms with E-state index in [-0.39, 0.29) is 5.91 Å². The molecule has 0 aliphatic rings. The standard InChI is InChI=1S/C25H21NO3/c1-28-23-13-9-21(10-14-23)26(22-11-15-24(29-2)16-12-22)25(27)20-8-7-18-5-3-4-6-19(18)17-20/h3-17H,1-2H3. The second kappa shape index (κ2) is 8.07. The van der Waals surface area contributed by atoms with Gasteiger partial charge in [0, 0.05) is 16.9 Å². The van der Waals surface area contributed by atoms with Crippen LogP contribution < -0.4 is 14.4 Å². The molecule has 0 fully saturated rings. The quantitative estimate of drug-likeness (QED) is 0.435. The molecule has 0 unspecified atom stereocenters. The largest absolute Gasteiger partial charge is 0.497 e. The lowest BCUT2D eigenvalue weighted by Crippen LogP contribution is -2.25. The molecule has 0 saturated carbocycles. The van der Waals surface area contributed by atoms with Crippen molar-refractivity contribution >= 4 is 28.1 Å². The fourth-order valence-electron chi connectivity index (χ4n) is 3.30. The van der Waals surface area contributed by atoms with Gasteiger partial charge in [0.1, 0.15) is 11.5 Å². The zero-order valence-electron chi connectivity index (χ0n) is 16.3. The van der Waals surface area contributed by atoms with Crippen molar-refractivity contribution in [3.8, 4) is 11.5 Å². The average molecular weight is 383 g/mol. The van der Waals surface area contributed by atoms with Gasteiger partial charge in [0.05, 0.1) is 14.2 Å². The lowest BCUT2D eigenvalue weighted by molar-refractivity contribution is 0.0999. The number of amides is 1. The molecular weight excluding hydrogens is 362 g/mol. The highest BCUT2D eigenvalue weighted by Crippen LogP contribution is 2.31. The van der Waals surface area contributed by atoms with Gasteiger partial charge in [-0.25, -0.2) is 0 Å². The predicted octanol–water partition coefficient (Wildman–Crippen LogP) is 5.84. The van der Waals surface area contributed by atoms with E-state index in [1.165, 1.54) is 0 Å². The average Bonchev–Trinajstić information content (AvgIpc) is 2.79. The highest BCUT2D eigenvalue weighted by molar-refractivity contribution is 6.12. The van der Waals surface area contributed by atoms with Crippen LogP contribution in [-0.2, 0) is 0 Å². The minimum absolute atomic E-state index is 0.105. The Morgan fingerprint density at radius 2 is 1.17 bits per heavy atom. The van der Waals surface area contributed by atoms with Crippen LogP contribution in [-0.4, -0.2) is 20.1 Å². The van der Waals surface area contributed by atoms with Crippen LogP contribution in [0.4, 0.5) is 11.4 Å². The molecule has 0 bridgehead atoms. The second-order valence-corrected chi connectivity index (χ2v) is 6.60. The molecule has 144 valence electrons. The molecule has 0 aliphatic heterocycles. The van der Waals surface area contributed by atoms with Crippen molar-refractivity contribution in [2.24, 2.45) is 0 Å². The van der Waals surface area contributed by atoms with Crippen LogP contribution >= 0.6 is 0 Å². The van der Waals surface area contributed by atoms with Crippen molar-refractivity contribution in [3.05, 3.63) is 96.6 Å². The molecule has 0 aromatic heterocycles. The summed E-state index contributed by atoms with van der Waals surface area (Å²) in [5.41, 5.74) is 2.14. The third kappa shape index (κ3) is 3.78. The van der Waals surface area contributed by atoms with E-state index in [4.69, 9.17) is 9.47 Å². The van der Waals surface area contributed by atoms with Crippen LogP contribution in [0.1, 0.15) is 10.4 Å². The van der Waals surface area contributed by atoms with Crippen LogP contribution in [0.2, 0.25) is 0 Å². The van der Waals surface area contributed by atoms with Crippen LogP contribution in [0.3, 0.4) is 0 Å². The number of benzene rings is 4. The SMILES string of the molecule is COc1ccc(N(C(=O)c2ccc3ccccc3c2)c2ccc(OC)cc2)cc1. The zero-order valence-corrected chi connectivity index (χ0v) is 16.3. The monoisotopic (exact) mass is 383 g/mol. The number of anilines is 2. The Labute approximate surface area is 169 Å². The Morgan fingerprint density at radius 1 is 0.655 bits per heavy atom. The van der Waals surface area contributed by atoms with Gasteiger partial charge in [-0.2, -0.15) is 0 Å². The van der Waals surface area contributed by atoms with E-state index >= 15 is 0 Å². The summed E-state index contributed by atoms with van der Waals surface area (Å²) in [7, 11) is 3.24. The van der Waals surface area contributed by atoms with Gasteiger partial charge < -0.3 is 9.47 Å². The van der Waals surface area contributed by atoms with E-state index in [1.807, 2.05) is 91.0 Å². The number of rotatable bonds is 5. The van der Waals surface area contributed by atoms with Crippen LogP contribution in [0, 0.1) is 0 Å². The Kier molecular flexibility index (Phi) is 5.16.